The van der Waals surface area contributed by atoms with Gasteiger partial charge in [0.25, 0.3) is 0 Å². The quantitative estimate of drug-likeness (QED) is 0.0984. The number of rotatable bonds is 12. The van der Waals surface area contributed by atoms with Crippen LogP contribution in [-0.2, 0) is 9.47 Å². The predicted octanol–water partition coefficient (Wildman–Crippen LogP) is 7.02. The zero-order valence-electron chi connectivity index (χ0n) is 28.9. The van der Waals surface area contributed by atoms with E-state index in [9.17, 15) is 4.79 Å². The van der Waals surface area contributed by atoms with Crippen molar-refractivity contribution in [2.24, 2.45) is 52.3 Å². The van der Waals surface area contributed by atoms with Gasteiger partial charge in [-0.05, 0) is 124 Å². The maximum absolute atomic E-state index is 12.7. The van der Waals surface area contributed by atoms with Crippen LogP contribution in [0.3, 0.4) is 0 Å². The van der Waals surface area contributed by atoms with Gasteiger partial charge in [0.2, 0.25) is 6.73 Å². The lowest BCUT2D eigenvalue weighted by atomic mass is 9.47. The third-order valence-electron chi connectivity index (χ3n) is 14.0. The van der Waals surface area contributed by atoms with Gasteiger partial charge < -0.3 is 26.5 Å². The van der Waals surface area contributed by atoms with E-state index < -0.39 is 6.16 Å². The first kappa shape index (κ1) is 35.9. The van der Waals surface area contributed by atoms with Crippen LogP contribution in [0.25, 0.3) is 0 Å². The second-order valence-electron chi connectivity index (χ2n) is 15.8. The normalized spacial score (nSPS) is 35.7. The molecule has 0 aliphatic heterocycles. The van der Waals surface area contributed by atoms with Crippen molar-refractivity contribution in [2.45, 2.75) is 139 Å². The van der Waals surface area contributed by atoms with Gasteiger partial charge in [-0.3, -0.25) is 4.48 Å². The molecule has 0 aromatic carbocycles. The van der Waals surface area contributed by atoms with Crippen LogP contribution in [0, 0.1) is 52.3 Å². The smallest absolute Gasteiger partial charge is 0.512 e. The van der Waals surface area contributed by atoms with Crippen molar-refractivity contribution in [1.29, 1.82) is 0 Å². The Balaban J connectivity index is 0.00000484. The summed E-state index contributed by atoms with van der Waals surface area (Å²) in [5, 5.41) is 0. The number of halogens is 1. The molecule has 244 valence electrons. The number of quaternary nitrogens is 1. The van der Waals surface area contributed by atoms with E-state index in [0.717, 1.165) is 84.8 Å². The number of hydrogen-bond acceptors (Lipinski definition) is 3. The number of hydrogen-bond donors (Lipinski definition) is 0. The minimum atomic E-state index is -0.469. The molecule has 0 heterocycles. The van der Waals surface area contributed by atoms with Crippen LogP contribution in [0.1, 0.15) is 133 Å². The monoisotopic (exact) mass is 651 g/mol. The minimum Gasteiger partial charge on any atom is -1.00 e. The van der Waals surface area contributed by atoms with E-state index in [4.69, 9.17) is 9.47 Å². The number of fused-ring (bicyclic) bond motifs is 5. The Bertz CT molecular complexity index is 906. The lowest BCUT2D eigenvalue weighted by molar-refractivity contribution is -0.939. The number of nitrogens with zero attached hydrogens (tertiary/aromatic N) is 1. The highest BCUT2D eigenvalue weighted by molar-refractivity contribution is 5.60. The summed E-state index contributed by atoms with van der Waals surface area (Å²) in [5.74, 6) is 5.96. The molecule has 0 saturated heterocycles. The summed E-state index contributed by atoms with van der Waals surface area (Å²) in [5.41, 5.74) is 2.38. The van der Waals surface area contributed by atoms with Crippen LogP contribution in [0.2, 0.25) is 0 Å². The first-order valence-corrected chi connectivity index (χ1v) is 17.8. The molecule has 0 N–H and O–H groups in total. The molecule has 0 bridgehead atoms. The molecule has 4 aliphatic rings. The SMILES string of the molecule is CCC(CC[C@@H](C)C1CC[C@H]2[C@@H]3CC=C4C[C@@H](OC(=O)OC[N+](CC)(CC)CC)CC[C@]4(C)[C@H]3CC[C@]12C)C(C)C.[Br-]. The maximum Gasteiger partial charge on any atom is 0.512 e. The number of carbonyl (C=O) groups is 1. The first-order chi connectivity index (χ1) is 19.5. The summed E-state index contributed by atoms with van der Waals surface area (Å²) in [7, 11) is 0. The summed E-state index contributed by atoms with van der Waals surface area (Å²) in [6.45, 7) is 24.9. The zero-order chi connectivity index (χ0) is 30.0. The van der Waals surface area contributed by atoms with Gasteiger partial charge in [-0.1, -0.05) is 66.0 Å². The highest BCUT2D eigenvalue weighted by Gasteiger charge is 2.59. The molecule has 4 aliphatic carbocycles. The average molecular weight is 653 g/mol. The molecule has 0 amide bonds. The number of carbonyl (C=O) groups excluding carboxylic acids is 1. The highest BCUT2D eigenvalue weighted by atomic mass is 79.9. The predicted molar refractivity (Wildman–Crippen MR) is 170 cm³/mol. The van der Waals surface area contributed by atoms with Crippen LogP contribution in [0.15, 0.2) is 11.6 Å². The van der Waals surface area contributed by atoms with E-state index in [-0.39, 0.29) is 28.5 Å². The standard InChI is InChI=1S/C37H66NO3.BrH/c1-10-28(26(5)6)15-14-27(7)32-18-19-33-31-17-16-29-24-30(41-35(39)40-25-38(11-2,12-3)13-4)20-22-36(29,8)34(31)21-23-37(32,33)9;/h16,26-28,30-34H,10-15,17-25H2,1-9H3;1H/q+1;/p-1/t27-,28?,30+,31+,32?,33+,34+,36+,37-;/m1./s1. The molecule has 0 aromatic rings. The second kappa shape index (κ2) is 14.7. The van der Waals surface area contributed by atoms with Crippen LogP contribution in [-0.4, -0.2) is 43.1 Å². The molecule has 5 heteroatoms. The Kier molecular flexibility index (Phi) is 12.6. The van der Waals surface area contributed by atoms with E-state index >= 15 is 0 Å². The molecule has 0 spiro atoms. The molecular formula is C37H66BrNO3. The lowest BCUT2D eigenvalue weighted by Gasteiger charge is -2.58. The topological polar surface area (TPSA) is 35.5 Å². The maximum atomic E-state index is 12.7. The van der Waals surface area contributed by atoms with Gasteiger partial charge in [0.1, 0.15) is 6.10 Å². The second-order valence-corrected chi connectivity index (χ2v) is 15.8. The van der Waals surface area contributed by atoms with Crippen molar-refractivity contribution in [3.63, 3.8) is 0 Å². The van der Waals surface area contributed by atoms with Crippen molar-refractivity contribution in [3.05, 3.63) is 11.6 Å². The van der Waals surface area contributed by atoms with E-state index in [1.807, 2.05) is 0 Å². The summed E-state index contributed by atoms with van der Waals surface area (Å²) in [6, 6.07) is 0. The van der Waals surface area contributed by atoms with Crippen molar-refractivity contribution >= 4 is 6.16 Å². The van der Waals surface area contributed by atoms with Gasteiger partial charge in [0.15, 0.2) is 0 Å². The molecule has 42 heavy (non-hydrogen) atoms. The lowest BCUT2D eigenvalue weighted by Crippen LogP contribution is -3.00. The number of ether oxygens (including phenoxy) is 2. The minimum absolute atomic E-state index is 0. The summed E-state index contributed by atoms with van der Waals surface area (Å²) in [6.07, 6.45) is 16.2. The van der Waals surface area contributed by atoms with Crippen LogP contribution in [0.5, 0.6) is 0 Å². The summed E-state index contributed by atoms with van der Waals surface area (Å²) < 4.78 is 12.4. The molecule has 0 radical (unpaired) electrons. The van der Waals surface area contributed by atoms with Gasteiger partial charge in [-0.2, -0.15) is 0 Å². The molecule has 0 aromatic heterocycles. The van der Waals surface area contributed by atoms with Gasteiger partial charge in [-0.15, -0.1) is 0 Å². The van der Waals surface area contributed by atoms with Crippen molar-refractivity contribution < 1.29 is 35.7 Å². The van der Waals surface area contributed by atoms with Crippen LogP contribution >= 0.6 is 0 Å². The van der Waals surface area contributed by atoms with E-state index in [2.05, 4.69) is 68.4 Å². The summed E-state index contributed by atoms with van der Waals surface area (Å²) >= 11 is 0. The Morgan fingerprint density at radius 3 is 2.26 bits per heavy atom. The fourth-order valence-electron chi connectivity index (χ4n) is 10.7. The fourth-order valence-corrected chi connectivity index (χ4v) is 10.7. The molecule has 3 fully saturated rings. The number of allylic oxidation sites excluding steroid dienone is 1. The van der Waals surface area contributed by atoms with Crippen LogP contribution < -0.4 is 17.0 Å². The van der Waals surface area contributed by atoms with Gasteiger partial charge in [0, 0.05) is 6.42 Å². The van der Waals surface area contributed by atoms with E-state index in [1.165, 1.54) is 51.4 Å². The van der Waals surface area contributed by atoms with Crippen LogP contribution in [0.4, 0.5) is 4.79 Å². The molecule has 4 nitrogen and oxygen atoms in total. The third kappa shape index (κ3) is 6.97. The Labute approximate surface area is 270 Å². The Hall–Kier alpha value is -0.550. The summed E-state index contributed by atoms with van der Waals surface area (Å²) in [4.78, 5) is 12.7. The highest BCUT2D eigenvalue weighted by Crippen LogP contribution is 2.67. The molecule has 9 atom stereocenters. The van der Waals surface area contributed by atoms with Gasteiger partial charge >= 0.3 is 6.16 Å². The first-order valence-electron chi connectivity index (χ1n) is 17.8. The fraction of sp³-hybridized carbons (Fsp3) is 0.919. The van der Waals surface area contributed by atoms with Crippen molar-refractivity contribution in [1.82, 2.24) is 0 Å². The third-order valence-corrected chi connectivity index (χ3v) is 14.0. The Morgan fingerprint density at radius 1 is 0.952 bits per heavy atom. The van der Waals surface area contributed by atoms with E-state index in [1.54, 1.807) is 5.57 Å². The molecule has 4 rings (SSSR count). The van der Waals surface area contributed by atoms with Crippen molar-refractivity contribution in [2.75, 3.05) is 26.4 Å². The molecular weight excluding hydrogens is 586 g/mol. The molecule has 3 saturated carbocycles. The van der Waals surface area contributed by atoms with Crippen molar-refractivity contribution in [3.8, 4) is 0 Å². The Morgan fingerprint density at radius 2 is 1.64 bits per heavy atom. The average Bonchev–Trinajstić information content (AvgIpc) is 3.31. The van der Waals surface area contributed by atoms with Gasteiger partial charge in [-0.25, -0.2) is 4.79 Å². The van der Waals surface area contributed by atoms with E-state index in [0.29, 0.717) is 12.1 Å². The molecule has 2 unspecified atom stereocenters. The largest absolute Gasteiger partial charge is 1.00 e. The van der Waals surface area contributed by atoms with Gasteiger partial charge in [0.05, 0.1) is 19.6 Å². The zero-order valence-corrected chi connectivity index (χ0v) is 30.4.